The number of nitrogens with zero attached hydrogens (tertiary/aromatic N) is 3. The highest BCUT2D eigenvalue weighted by atomic mass is 32.2. The first-order valence-electron chi connectivity index (χ1n) is 7.90. The van der Waals surface area contributed by atoms with Crippen molar-refractivity contribution in [3.8, 4) is 0 Å². The van der Waals surface area contributed by atoms with Crippen LogP contribution < -0.4 is 4.90 Å². The Hall–Kier alpha value is -1.82. The Bertz CT molecular complexity index is 772. The van der Waals surface area contributed by atoms with Gasteiger partial charge in [0.25, 0.3) is 0 Å². The molecule has 124 valence electrons. The Morgan fingerprint density at radius 3 is 2.43 bits per heavy atom. The van der Waals surface area contributed by atoms with E-state index in [9.17, 15) is 8.42 Å². The van der Waals surface area contributed by atoms with Gasteiger partial charge in [0.2, 0.25) is 0 Å². The van der Waals surface area contributed by atoms with E-state index in [-0.39, 0.29) is 0 Å². The number of anilines is 1. The second-order valence-electron chi connectivity index (χ2n) is 6.63. The third kappa shape index (κ3) is 3.42. The van der Waals surface area contributed by atoms with Crippen LogP contribution in [-0.2, 0) is 16.4 Å². The molecule has 6 heteroatoms. The largest absolute Gasteiger partial charge is 0.371 e. The summed E-state index contributed by atoms with van der Waals surface area (Å²) in [6.07, 6.45) is 5.16. The van der Waals surface area contributed by atoms with Crippen molar-refractivity contribution in [2.45, 2.75) is 31.2 Å². The molecule has 0 atom stereocenters. The zero-order valence-corrected chi connectivity index (χ0v) is 14.6. The van der Waals surface area contributed by atoms with E-state index >= 15 is 0 Å². The Kier molecular flexibility index (Phi) is 4.19. The first kappa shape index (κ1) is 16.1. The van der Waals surface area contributed by atoms with E-state index in [1.165, 1.54) is 6.26 Å². The molecule has 0 N–H and O–H groups in total. The highest BCUT2D eigenvalue weighted by molar-refractivity contribution is 7.90. The molecule has 1 fully saturated rings. The van der Waals surface area contributed by atoms with E-state index in [4.69, 9.17) is 0 Å². The maximum Gasteiger partial charge on any atom is 0.175 e. The summed E-state index contributed by atoms with van der Waals surface area (Å²) < 4.78 is 25.2. The summed E-state index contributed by atoms with van der Waals surface area (Å²) in [4.78, 5) is 7.08. The summed E-state index contributed by atoms with van der Waals surface area (Å²) in [5, 5.41) is 0. The topological polar surface area (TPSA) is 55.2 Å². The lowest BCUT2D eigenvalue weighted by Crippen LogP contribution is -2.48. The van der Waals surface area contributed by atoms with E-state index in [1.807, 2.05) is 18.3 Å². The van der Waals surface area contributed by atoms with Gasteiger partial charge in [0.05, 0.1) is 4.90 Å². The van der Waals surface area contributed by atoms with E-state index in [0.29, 0.717) is 16.7 Å². The van der Waals surface area contributed by atoms with Gasteiger partial charge in [-0.2, -0.15) is 0 Å². The minimum Gasteiger partial charge on any atom is -0.371 e. The maximum atomic E-state index is 11.5. The molecule has 2 heterocycles. The number of imidazole rings is 1. The van der Waals surface area contributed by atoms with Gasteiger partial charge < -0.3 is 9.47 Å². The molecule has 0 unspecified atom stereocenters. The minimum absolute atomic E-state index is 0.373. The molecule has 2 aromatic rings. The van der Waals surface area contributed by atoms with E-state index in [1.54, 1.807) is 12.1 Å². The lowest BCUT2D eigenvalue weighted by Gasteiger charge is -2.41. The molecule has 1 aliphatic heterocycles. The van der Waals surface area contributed by atoms with Crippen molar-refractivity contribution < 1.29 is 8.42 Å². The normalized spacial score (nSPS) is 15.9. The lowest BCUT2D eigenvalue weighted by molar-refractivity contribution is 0.351. The molecule has 3 rings (SSSR count). The number of rotatable bonds is 5. The molecule has 5 nitrogen and oxygen atoms in total. The van der Waals surface area contributed by atoms with Crippen LogP contribution in [0.3, 0.4) is 0 Å². The summed E-state index contributed by atoms with van der Waals surface area (Å²) >= 11 is 0. The number of hydrogen-bond donors (Lipinski definition) is 0. The second-order valence-corrected chi connectivity index (χ2v) is 8.65. The van der Waals surface area contributed by atoms with Crippen LogP contribution in [0.4, 0.5) is 5.69 Å². The van der Waals surface area contributed by atoms with Crippen LogP contribution in [0, 0.1) is 5.92 Å². The summed E-state index contributed by atoms with van der Waals surface area (Å²) in [6, 6.07) is 7.15. The first-order chi connectivity index (χ1) is 10.8. The van der Waals surface area contributed by atoms with Gasteiger partial charge in [-0.25, -0.2) is 13.4 Å². The van der Waals surface area contributed by atoms with Gasteiger partial charge in [-0.05, 0) is 24.3 Å². The van der Waals surface area contributed by atoms with E-state index < -0.39 is 9.84 Å². The Morgan fingerprint density at radius 2 is 1.87 bits per heavy atom. The molecule has 0 radical (unpaired) electrons. The Balaban J connectivity index is 1.60. The number of benzene rings is 1. The lowest BCUT2D eigenvalue weighted by atomic mass is 9.99. The number of aromatic nitrogens is 2. The summed E-state index contributed by atoms with van der Waals surface area (Å²) in [6.45, 7) is 7.30. The van der Waals surface area contributed by atoms with Crippen molar-refractivity contribution >= 4 is 15.5 Å². The fourth-order valence-electron chi connectivity index (χ4n) is 3.05. The van der Waals surface area contributed by atoms with Gasteiger partial charge in [-0.15, -0.1) is 0 Å². The van der Waals surface area contributed by atoms with Gasteiger partial charge in [0, 0.05) is 55.8 Å². The maximum absolute atomic E-state index is 11.5. The predicted octanol–water partition coefficient (Wildman–Crippen LogP) is 2.55. The first-order valence-corrected chi connectivity index (χ1v) is 9.80. The Morgan fingerprint density at radius 1 is 1.22 bits per heavy atom. The van der Waals surface area contributed by atoms with E-state index in [0.717, 1.165) is 31.1 Å². The summed E-state index contributed by atoms with van der Waals surface area (Å²) in [5.74, 6) is 2.18. The minimum atomic E-state index is -3.12. The van der Waals surface area contributed by atoms with E-state index in [2.05, 4.69) is 34.5 Å². The van der Waals surface area contributed by atoms with Crippen molar-refractivity contribution in [3.63, 3.8) is 0 Å². The molecule has 0 amide bonds. The second kappa shape index (κ2) is 6.00. The molecule has 0 saturated carbocycles. The molecule has 0 bridgehead atoms. The fraction of sp³-hybridized carbons (Fsp3) is 0.471. The molecule has 1 aliphatic rings. The average molecular weight is 333 g/mol. The highest BCUT2D eigenvalue weighted by Gasteiger charge is 2.28. The van der Waals surface area contributed by atoms with Crippen LogP contribution in [-0.4, -0.2) is 37.3 Å². The Labute approximate surface area is 137 Å². The molecule has 1 aromatic heterocycles. The van der Waals surface area contributed by atoms with Crippen LogP contribution in [0.5, 0.6) is 0 Å². The molecule has 23 heavy (non-hydrogen) atoms. The quantitative estimate of drug-likeness (QED) is 0.844. The molecule has 0 spiro atoms. The third-order valence-electron chi connectivity index (χ3n) is 4.31. The molecular formula is C17H23N3O2S. The third-order valence-corrected chi connectivity index (χ3v) is 5.43. The highest BCUT2D eigenvalue weighted by Crippen LogP contribution is 2.27. The van der Waals surface area contributed by atoms with Crippen LogP contribution in [0.15, 0.2) is 41.6 Å². The monoisotopic (exact) mass is 333 g/mol. The van der Waals surface area contributed by atoms with Gasteiger partial charge in [0.15, 0.2) is 9.84 Å². The summed E-state index contributed by atoms with van der Waals surface area (Å²) in [7, 11) is -3.12. The van der Waals surface area contributed by atoms with Crippen molar-refractivity contribution in [2.75, 3.05) is 24.2 Å². The smallest absolute Gasteiger partial charge is 0.175 e. The number of hydrogen-bond acceptors (Lipinski definition) is 4. The van der Waals surface area contributed by atoms with Gasteiger partial charge in [-0.1, -0.05) is 13.8 Å². The average Bonchev–Trinajstić information content (AvgIpc) is 2.90. The number of sulfone groups is 1. The van der Waals surface area contributed by atoms with Gasteiger partial charge >= 0.3 is 0 Å². The molecular weight excluding hydrogens is 310 g/mol. The van der Waals surface area contributed by atoms with Gasteiger partial charge in [0.1, 0.15) is 5.82 Å². The van der Waals surface area contributed by atoms with Crippen LogP contribution in [0.2, 0.25) is 0 Å². The molecule has 1 saturated heterocycles. The van der Waals surface area contributed by atoms with Crippen molar-refractivity contribution in [1.82, 2.24) is 9.55 Å². The summed E-state index contributed by atoms with van der Waals surface area (Å²) in [5.41, 5.74) is 1.09. The zero-order chi connectivity index (χ0) is 16.6. The zero-order valence-electron chi connectivity index (χ0n) is 13.8. The van der Waals surface area contributed by atoms with Gasteiger partial charge in [-0.3, -0.25) is 0 Å². The fourth-order valence-corrected chi connectivity index (χ4v) is 3.68. The SMILES string of the molecule is CC(C)c1nccn1CC1CN(c2ccc(S(C)(=O)=O)cc2)C1. The molecule has 0 aliphatic carbocycles. The van der Waals surface area contributed by atoms with Crippen LogP contribution >= 0.6 is 0 Å². The van der Waals surface area contributed by atoms with Crippen molar-refractivity contribution in [3.05, 3.63) is 42.5 Å². The predicted molar refractivity (Wildman–Crippen MR) is 91.6 cm³/mol. The van der Waals surface area contributed by atoms with Crippen LogP contribution in [0.25, 0.3) is 0 Å². The standard InChI is InChI=1S/C17H23N3O2S/c1-13(2)17-18-8-9-19(17)10-14-11-20(12-14)15-4-6-16(7-5-15)23(3,21)22/h4-9,13-14H,10-12H2,1-3H3. The van der Waals surface area contributed by atoms with Crippen molar-refractivity contribution in [1.29, 1.82) is 0 Å². The van der Waals surface area contributed by atoms with Crippen molar-refractivity contribution in [2.24, 2.45) is 5.92 Å². The van der Waals surface area contributed by atoms with Crippen LogP contribution in [0.1, 0.15) is 25.6 Å². The molecule has 1 aromatic carbocycles.